The van der Waals surface area contributed by atoms with Crippen LogP contribution in [0.4, 0.5) is 0 Å². The summed E-state index contributed by atoms with van der Waals surface area (Å²) in [7, 11) is 3.84. The molecule has 3 rings (SSSR count). The number of H-pyrrole nitrogens is 1. The predicted octanol–water partition coefficient (Wildman–Crippen LogP) is 3.73. The van der Waals surface area contributed by atoms with Gasteiger partial charge in [-0.25, -0.2) is 0 Å². The van der Waals surface area contributed by atoms with Crippen molar-refractivity contribution in [1.29, 1.82) is 0 Å². The number of benzene rings is 2. The molecule has 2 N–H and O–H groups in total. The van der Waals surface area contributed by atoms with Crippen LogP contribution in [0.5, 0.6) is 0 Å². The summed E-state index contributed by atoms with van der Waals surface area (Å²) in [6.07, 6.45) is 0. The first-order valence-electron chi connectivity index (χ1n) is 8.95. The van der Waals surface area contributed by atoms with Crippen molar-refractivity contribution < 1.29 is 4.79 Å². The quantitative estimate of drug-likeness (QED) is 0.668. The number of carbonyl (C=O) groups excluding carboxylic acids is 1. The lowest BCUT2D eigenvalue weighted by Gasteiger charge is -2.26. The number of hydrogen-bond donors (Lipinski definition) is 2. The molecule has 1 atom stereocenters. The molecule has 0 bridgehead atoms. The van der Waals surface area contributed by atoms with Gasteiger partial charge in [0.2, 0.25) is 0 Å². The number of amides is 1. The molecule has 0 spiro atoms. The first-order chi connectivity index (χ1) is 13.5. The summed E-state index contributed by atoms with van der Waals surface area (Å²) in [6.45, 7) is 0.329. The van der Waals surface area contributed by atoms with Crippen molar-refractivity contribution in [2.75, 3.05) is 20.6 Å². The van der Waals surface area contributed by atoms with Crippen LogP contribution in [0.3, 0.4) is 0 Å². The van der Waals surface area contributed by atoms with E-state index in [0.717, 1.165) is 11.1 Å². The smallest absolute Gasteiger partial charge is 0.261 e. The lowest BCUT2D eigenvalue weighted by atomic mass is 10.1. The van der Waals surface area contributed by atoms with Crippen LogP contribution >= 0.6 is 11.6 Å². The largest absolute Gasteiger partial charge is 0.350 e. The number of nitrogens with zero attached hydrogens (tertiary/aromatic N) is 1. The first-order valence-corrected chi connectivity index (χ1v) is 9.33. The summed E-state index contributed by atoms with van der Waals surface area (Å²) in [4.78, 5) is 29.7. The molecule has 1 aromatic heterocycles. The summed E-state index contributed by atoms with van der Waals surface area (Å²) < 4.78 is 0. The molecule has 0 fully saturated rings. The predicted molar refractivity (Wildman–Crippen MR) is 113 cm³/mol. The zero-order valence-corrected chi connectivity index (χ0v) is 16.5. The Kier molecular flexibility index (Phi) is 6.29. The normalized spacial score (nSPS) is 12.0. The molecule has 0 aliphatic heterocycles. The van der Waals surface area contributed by atoms with Gasteiger partial charge >= 0.3 is 0 Å². The van der Waals surface area contributed by atoms with E-state index in [4.69, 9.17) is 11.6 Å². The van der Waals surface area contributed by atoms with Gasteiger partial charge in [0.25, 0.3) is 11.5 Å². The highest BCUT2D eigenvalue weighted by atomic mass is 35.5. The van der Waals surface area contributed by atoms with Crippen molar-refractivity contribution in [3.05, 3.63) is 93.2 Å². The number of pyridine rings is 1. The number of halogens is 1. The highest BCUT2D eigenvalue weighted by molar-refractivity contribution is 6.31. The molecule has 0 saturated carbocycles. The Labute approximate surface area is 169 Å². The second-order valence-corrected chi connectivity index (χ2v) is 7.10. The molecule has 1 unspecified atom stereocenters. The summed E-state index contributed by atoms with van der Waals surface area (Å²) >= 11 is 6.30. The number of carbonyl (C=O) groups is 1. The summed E-state index contributed by atoms with van der Waals surface area (Å²) in [5.74, 6) is -0.417. The van der Waals surface area contributed by atoms with E-state index in [1.165, 1.54) is 0 Å². The van der Waals surface area contributed by atoms with Crippen LogP contribution in [0.15, 0.2) is 71.5 Å². The van der Waals surface area contributed by atoms with Gasteiger partial charge in [-0.05, 0) is 43.4 Å². The topological polar surface area (TPSA) is 65.2 Å². The van der Waals surface area contributed by atoms with Crippen molar-refractivity contribution in [2.24, 2.45) is 0 Å². The molecule has 2 aromatic carbocycles. The SMILES string of the molecule is CN(C)C(CNC(=O)c1ccc(-c2ccccc2)[nH]c1=O)c1ccccc1Cl. The van der Waals surface area contributed by atoms with Gasteiger partial charge in [0.15, 0.2) is 0 Å². The molecule has 28 heavy (non-hydrogen) atoms. The van der Waals surface area contributed by atoms with Crippen LogP contribution < -0.4 is 10.9 Å². The van der Waals surface area contributed by atoms with Crippen molar-refractivity contribution in [1.82, 2.24) is 15.2 Å². The number of aromatic amines is 1. The van der Waals surface area contributed by atoms with E-state index in [1.54, 1.807) is 12.1 Å². The van der Waals surface area contributed by atoms with E-state index in [2.05, 4.69) is 10.3 Å². The third-order valence-electron chi connectivity index (χ3n) is 4.58. The van der Waals surface area contributed by atoms with Gasteiger partial charge in [-0.15, -0.1) is 0 Å². The van der Waals surface area contributed by atoms with Gasteiger partial charge in [0.05, 0.1) is 6.04 Å². The van der Waals surface area contributed by atoms with E-state index in [1.807, 2.05) is 73.6 Å². The molecule has 5 nitrogen and oxygen atoms in total. The van der Waals surface area contributed by atoms with Crippen LogP contribution in [0.1, 0.15) is 22.0 Å². The fraction of sp³-hybridized carbons (Fsp3) is 0.182. The second-order valence-electron chi connectivity index (χ2n) is 6.69. The fourth-order valence-electron chi connectivity index (χ4n) is 3.04. The Morgan fingerprint density at radius 3 is 2.36 bits per heavy atom. The van der Waals surface area contributed by atoms with E-state index < -0.39 is 11.5 Å². The molecule has 0 radical (unpaired) electrons. The van der Waals surface area contributed by atoms with E-state index in [0.29, 0.717) is 17.3 Å². The van der Waals surface area contributed by atoms with Gasteiger partial charge in [0, 0.05) is 17.3 Å². The fourth-order valence-corrected chi connectivity index (χ4v) is 3.30. The van der Waals surface area contributed by atoms with Gasteiger partial charge in [0.1, 0.15) is 5.56 Å². The number of likely N-dealkylation sites (N-methyl/N-ethyl adjacent to an activating group) is 1. The molecule has 0 aliphatic rings. The molecular formula is C22H22ClN3O2. The van der Waals surface area contributed by atoms with E-state index in [-0.39, 0.29) is 11.6 Å². The standard InChI is InChI=1S/C22H22ClN3O2/c1-26(2)20(16-10-6-7-11-18(16)23)14-24-21(27)17-12-13-19(25-22(17)28)15-8-4-3-5-9-15/h3-13,20H,14H2,1-2H3,(H,24,27)(H,25,28). The molecule has 3 aromatic rings. The van der Waals surface area contributed by atoms with Crippen molar-refractivity contribution in [3.63, 3.8) is 0 Å². The van der Waals surface area contributed by atoms with E-state index >= 15 is 0 Å². The molecule has 1 heterocycles. The molecule has 0 saturated heterocycles. The minimum absolute atomic E-state index is 0.0799. The summed E-state index contributed by atoms with van der Waals surface area (Å²) in [6, 6.07) is 20.2. The maximum atomic E-state index is 12.6. The van der Waals surface area contributed by atoms with Crippen LogP contribution in [-0.2, 0) is 0 Å². The third kappa shape index (κ3) is 4.50. The number of hydrogen-bond acceptors (Lipinski definition) is 3. The van der Waals surface area contributed by atoms with E-state index in [9.17, 15) is 9.59 Å². The van der Waals surface area contributed by atoms with Gasteiger partial charge in [-0.2, -0.15) is 0 Å². The average molecular weight is 396 g/mol. The molecular weight excluding hydrogens is 374 g/mol. The highest BCUT2D eigenvalue weighted by Crippen LogP contribution is 2.25. The monoisotopic (exact) mass is 395 g/mol. The molecule has 6 heteroatoms. The lowest BCUT2D eigenvalue weighted by molar-refractivity contribution is 0.0940. The number of aromatic nitrogens is 1. The van der Waals surface area contributed by atoms with Crippen molar-refractivity contribution in [2.45, 2.75) is 6.04 Å². The van der Waals surface area contributed by atoms with Crippen LogP contribution in [-0.4, -0.2) is 36.4 Å². The Morgan fingerprint density at radius 2 is 1.71 bits per heavy atom. The maximum Gasteiger partial charge on any atom is 0.261 e. The molecule has 1 amide bonds. The third-order valence-corrected chi connectivity index (χ3v) is 4.93. The molecule has 144 valence electrons. The Balaban J connectivity index is 1.75. The Bertz CT molecular complexity index is 1020. The maximum absolute atomic E-state index is 12.6. The van der Waals surface area contributed by atoms with Gasteiger partial charge in [-0.3, -0.25) is 9.59 Å². The van der Waals surface area contributed by atoms with Crippen LogP contribution in [0.25, 0.3) is 11.3 Å². The lowest BCUT2D eigenvalue weighted by Crippen LogP contribution is -2.36. The van der Waals surface area contributed by atoms with Gasteiger partial charge < -0.3 is 15.2 Å². The number of nitrogens with one attached hydrogen (secondary N) is 2. The highest BCUT2D eigenvalue weighted by Gasteiger charge is 2.19. The Hall–Kier alpha value is -2.89. The average Bonchev–Trinajstić information content (AvgIpc) is 2.69. The number of rotatable bonds is 6. The minimum Gasteiger partial charge on any atom is -0.350 e. The van der Waals surface area contributed by atoms with Crippen LogP contribution in [0, 0.1) is 0 Å². The summed E-state index contributed by atoms with van der Waals surface area (Å²) in [5.41, 5.74) is 2.14. The Morgan fingerprint density at radius 1 is 1.04 bits per heavy atom. The minimum atomic E-state index is -0.419. The van der Waals surface area contributed by atoms with Crippen molar-refractivity contribution in [3.8, 4) is 11.3 Å². The zero-order chi connectivity index (χ0) is 20.1. The first kappa shape index (κ1) is 19.9. The molecule has 0 aliphatic carbocycles. The zero-order valence-electron chi connectivity index (χ0n) is 15.8. The van der Waals surface area contributed by atoms with Crippen molar-refractivity contribution >= 4 is 17.5 Å². The summed E-state index contributed by atoms with van der Waals surface area (Å²) in [5, 5.41) is 3.49. The van der Waals surface area contributed by atoms with Crippen LogP contribution in [0.2, 0.25) is 5.02 Å². The van der Waals surface area contributed by atoms with Gasteiger partial charge in [-0.1, -0.05) is 60.1 Å². The second kappa shape index (κ2) is 8.87.